The number of carbonyl (C=O) groups excluding carboxylic acids is 1. The zero-order chi connectivity index (χ0) is 16.5. The lowest BCUT2D eigenvalue weighted by Crippen LogP contribution is -2.48. The van der Waals surface area contributed by atoms with Gasteiger partial charge in [-0.1, -0.05) is 24.3 Å². The fraction of sp³-hybridized carbons (Fsp3) is 0.263. The minimum absolute atomic E-state index is 0.0180. The van der Waals surface area contributed by atoms with Crippen LogP contribution in [-0.2, 0) is 0 Å². The van der Waals surface area contributed by atoms with Gasteiger partial charge in [-0.15, -0.1) is 0 Å². The van der Waals surface area contributed by atoms with Gasteiger partial charge in [0.05, 0.1) is 5.56 Å². The molecule has 2 heterocycles. The van der Waals surface area contributed by atoms with Gasteiger partial charge in [-0.3, -0.25) is 4.79 Å². The van der Waals surface area contributed by atoms with E-state index in [1.54, 1.807) is 6.92 Å². The molecule has 0 atom stereocenters. The van der Waals surface area contributed by atoms with Crippen LogP contribution >= 0.6 is 0 Å². The van der Waals surface area contributed by atoms with Gasteiger partial charge in [0.1, 0.15) is 5.52 Å². The molecule has 1 aromatic heterocycles. The van der Waals surface area contributed by atoms with E-state index in [1.165, 1.54) is 5.69 Å². The van der Waals surface area contributed by atoms with E-state index in [0.29, 0.717) is 30.1 Å². The number of carbonyl (C=O) groups is 1. The normalized spacial score (nSPS) is 15.0. The first-order chi connectivity index (χ1) is 11.7. The van der Waals surface area contributed by atoms with Gasteiger partial charge in [-0.2, -0.15) is 0 Å². The summed E-state index contributed by atoms with van der Waals surface area (Å²) in [5, 5.41) is 0. The van der Waals surface area contributed by atoms with Crippen molar-refractivity contribution in [3.8, 4) is 0 Å². The molecule has 1 saturated heterocycles. The van der Waals surface area contributed by atoms with Gasteiger partial charge in [-0.05, 0) is 24.3 Å². The molecule has 0 spiro atoms. The smallest absolute Gasteiger partial charge is 0.257 e. The standard InChI is InChI=1S/C19H19N3O2/c1-14-20-17-9-5-8-16(18(17)24-14)19(23)22-12-10-21(11-13-22)15-6-3-2-4-7-15/h2-9H,10-13H2,1H3. The minimum atomic E-state index is 0.0180. The molecule has 0 aliphatic carbocycles. The zero-order valence-electron chi connectivity index (χ0n) is 13.6. The van der Waals surface area contributed by atoms with Crippen LogP contribution in [0, 0.1) is 6.92 Å². The first-order valence-corrected chi connectivity index (χ1v) is 8.18. The van der Waals surface area contributed by atoms with Crippen molar-refractivity contribution in [2.24, 2.45) is 0 Å². The monoisotopic (exact) mass is 321 g/mol. The van der Waals surface area contributed by atoms with Crippen molar-refractivity contribution >= 4 is 22.7 Å². The van der Waals surface area contributed by atoms with Crippen molar-refractivity contribution in [3.05, 3.63) is 60.0 Å². The summed E-state index contributed by atoms with van der Waals surface area (Å²) >= 11 is 0. The Morgan fingerprint density at radius 1 is 1.00 bits per heavy atom. The van der Waals surface area contributed by atoms with Crippen LogP contribution in [0.2, 0.25) is 0 Å². The molecular weight excluding hydrogens is 302 g/mol. The number of nitrogens with zero attached hydrogens (tertiary/aromatic N) is 3. The Bertz CT molecular complexity index is 865. The number of rotatable bonds is 2. The second-order valence-corrected chi connectivity index (χ2v) is 6.00. The first kappa shape index (κ1) is 14.8. The quantitative estimate of drug-likeness (QED) is 0.728. The summed E-state index contributed by atoms with van der Waals surface area (Å²) < 4.78 is 5.63. The number of benzene rings is 2. The third-order valence-corrected chi connectivity index (χ3v) is 4.44. The molecule has 5 nitrogen and oxygen atoms in total. The predicted octanol–water partition coefficient (Wildman–Crippen LogP) is 3.10. The highest BCUT2D eigenvalue weighted by Gasteiger charge is 2.24. The van der Waals surface area contributed by atoms with Crippen LogP contribution in [-0.4, -0.2) is 42.0 Å². The van der Waals surface area contributed by atoms with E-state index in [9.17, 15) is 4.79 Å². The van der Waals surface area contributed by atoms with Gasteiger partial charge in [0.2, 0.25) is 0 Å². The van der Waals surface area contributed by atoms with Crippen LogP contribution < -0.4 is 4.90 Å². The molecule has 0 N–H and O–H groups in total. The second kappa shape index (κ2) is 6.00. The molecule has 1 aliphatic rings. The van der Waals surface area contributed by atoms with Crippen molar-refractivity contribution in [2.45, 2.75) is 6.92 Å². The van der Waals surface area contributed by atoms with E-state index in [-0.39, 0.29) is 5.91 Å². The van der Waals surface area contributed by atoms with Gasteiger partial charge in [-0.25, -0.2) is 4.98 Å². The van der Waals surface area contributed by atoms with Crippen LogP contribution in [0.25, 0.3) is 11.1 Å². The van der Waals surface area contributed by atoms with Gasteiger partial charge in [0.25, 0.3) is 5.91 Å². The van der Waals surface area contributed by atoms with Crippen molar-refractivity contribution < 1.29 is 9.21 Å². The molecule has 2 aromatic carbocycles. The lowest BCUT2D eigenvalue weighted by atomic mass is 10.1. The minimum Gasteiger partial charge on any atom is -0.440 e. The molecule has 24 heavy (non-hydrogen) atoms. The maximum Gasteiger partial charge on any atom is 0.257 e. The van der Waals surface area contributed by atoms with E-state index < -0.39 is 0 Å². The fourth-order valence-electron chi connectivity index (χ4n) is 3.21. The molecule has 1 amide bonds. The number of piperazine rings is 1. The highest BCUT2D eigenvalue weighted by atomic mass is 16.3. The fourth-order valence-corrected chi connectivity index (χ4v) is 3.21. The summed E-state index contributed by atoms with van der Waals surface area (Å²) in [6.45, 7) is 4.88. The number of fused-ring (bicyclic) bond motifs is 1. The van der Waals surface area contributed by atoms with Crippen molar-refractivity contribution in [2.75, 3.05) is 31.1 Å². The van der Waals surface area contributed by atoms with Gasteiger partial charge < -0.3 is 14.2 Å². The lowest BCUT2D eigenvalue weighted by Gasteiger charge is -2.36. The average Bonchev–Trinajstić information content (AvgIpc) is 3.02. The SMILES string of the molecule is Cc1nc2cccc(C(=O)N3CCN(c4ccccc4)CC3)c2o1. The predicted molar refractivity (Wildman–Crippen MR) is 93.3 cm³/mol. The summed E-state index contributed by atoms with van der Waals surface area (Å²) in [7, 11) is 0. The average molecular weight is 321 g/mol. The maximum absolute atomic E-state index is 12.9. The van der Waals surface area contributed by atoms with Crippen LogP contribution in [0.1, 0.15) is 16.2 Å². The Kier molecular flexibility index (Phi) is 3.69. The van der Waals surface area contributed by atoms with Crippen LogP contribution in [0.4, 0.5) is 5.69 Å². The van der Waals surface area contributed by atoms with Gasteiger partial charge >= 0.3 is 0 Å². The van der Waals surface area contributed by atoms with E-state index in [2.05, 4.69) is 22.0 Å². The molecule has 4 rings (SSSR count). The molecule has 5 heteroatoms. The van der Waals surface area contributed by atoms with Crippen LogP contribution in [0.15, 0.2) is 52.9 Å². The van der Waals surface area contributed by atoms with Crippen molar-refractivity contribution in [1.82, 2.24) is 9.88 Å². The largest absolute Gasteiger partial charge is 0.440 e. The molecule has 0 radical (unpaired) electrons. The maximum atomic E-state index is 12.9. The number of aromatic nitrogens is 1. The van der Waals surface area contributed by atoms with Crippen molar-refractivity contribution in [1.29, 1.82) is 0 Å². The van der Waals surface area contributed by atoms with E-state index in [1.807, 2.05) is 41.3 Å². The summed E-state index contributed by atoms with van der Waals surface area (Å²) in [6.07, 6.45) is 0. The summed E-state index contributed by atoms with van der Waals surface area (Å²) in [5.41, 5.74) is 3.13. The Morgan fingerprint density at radius 3 is 2.50 bits per heavy atom. The number of hydrogen-bond acceptors (Lipinski definition) is 4. The van der Waals surface area contributed by atoms with Gasteiger partial charge in [0.15, 0.2) is 11.5 Å². The highest BCUT2D eigenvalue weighted by molar-refractivity contribution is 6.04. The summed E-state index contributed by atoms with van der Waals surface area (Å²) in [6, 6.07) is 15.9. The Hall–Kier alpha value is -2.82. The Morgan fingerprint density at radius 2 is 1.75 bits per heavy atom. The lowest BCUT2D eigenvalue weighted by molar-refractivity contribution is 0.0747. The number of hydrogen-bond donors (Lipinski definition) is 0. The third kappa shape index (κ3) is 2.62. The van der Waals surface area contributed by atoms with E-state index in [4.69, 9.17) is 4.42 Å². The zero-order valence-corrected chi connectivity index (χ0v) is 13.6. The molecular formula is C19H19N3O2. The van der Waals surface area contributed by atoms with E-state index >= 15 is 0 Å². The molecule has 3 aromatic rings. The second-order valence-electron chi connectivity index (χ2n) is 6.00. The van der Waals surface area contributed by atoms with Crippen LogP contribution in [0.5, 0.6) is 0 Å². The molecule has 122 valence electrons. The summed E-state index contributed by atoms with van der Waals surface area (Å²) in [5.74, 6) is 0.601. The number of para-hydroxylation sites is 2. The Balaban J connectivity index is 1.52. The van der Waals surface area contributed by atoms with Crippen LogP contribution in [0.3, 0.4) is 0 Å². The molecule has 0 bridgehead atoms. The number of aryl methyl sites for hydroxylation is 1. The number of anilines is 1. The Labute approximate surface area is 140 Å². The molecule has 1 fully saturated rings. The first-order valence-electron chi connectivity index (χ1n) is 8.18. The van der Waals surface area contributed by atoms with E-state index in [0.717, 1.165) is 18.6 Å². The summed E-state index contributed by atoms with van der Waals surface area (Å²) in [4.78, 5) is 21.4. The molecule has 1 aliphatic heterocycles. The topological polar surface area (TPSA) is 49.6 Å². The number of amides is 1. The number of oxazole rings is 1. The molecule has 0 saturated carbocycles. The van der Waals surface area contributed by atoms with Crippen molar-refractivity contribution in [3.63, 3.8) is 0 Å². The highest BCUT2D eigenvalue weighted by Crippen LogP contribution is 2.22. The molecule has 0 unspecified atom stereocenters. The van der Waals surface area contributed by atoms with Gasteiger partial charge in [0, 0.05) is 38.8 Å². The third-order valence-electron chi connectivity index (χ3n) is 4.44.